The van der Waals surface area contributed by atoms with E-state index >= 15 is 0 Å². The smallest absolute Gasteiger partial charge is 0.167 e. The van der Waals surface area contributed by atoms with Crippen LogP contribution in [-0.4, -0.2) is 19.5 Å². The van der Waals surface area contributed by atoms with Gasteiger partial charge in [-0.2, -0.15) is 0 Å². The molecule has 0 saturated carbocycles. The average molecular weight is 691 g/mol. The zero-order valence-corrected chi connectivity index (χ0v) is 29.0. The minimum atomic E-state index is 0.558. The summed E-state index contributed by atoms with van der Waals surface area (Å²) in [4.78, 5) is 15.5. The van der Waals surface area contributed by atoms with Gasteiger partial charge in [0, 0.05) is 33.0 Å². The molecule has 0 unspecified atom stereocenters. The summed E-state index contributed by atoms with van der Waals surface area (Å²) in [6, 6.07) is 63.2. The highest BCUT2D eigenvalue weighted by Crippen LogP contribution is 2.43. The lowest BCUT2D eigenvalue weighted by Crippen LogP contribution is -2.00. The summed E-state index contributed by atoms with van der Waals surface area (Å²) >= 11 is 0. The molecule has 252 valence electrons. The number of para-hydroxylation sites is 3. The van der Waals surface area contributed by atoms with E-state index in [0.29, 0.717) is 17.5 Å². The van der Waals surface area contributed by atoms with Crippen molar-refractivity contribution in [3.05, 3.63) is 182 Å². The zero-order chi connectivity index (χ0) is 35.6. The molecular weight excluding hydrogens is 661 g/mol. The van der Waals surface area contributed by atoms with Crippen molar-refractivity contribution in [2.24, 2.45) is 0 Å². The fraction of sp³-hybridized carbons (Fsp3) is 0. The van der Waals surface area contributed by atoms with Gasteiger partial charge in [0.05, 0.1) is 22.0 Å². The number of benzene rings is 8. The van der Waals surface area contributed by atoms with Crippen molar-refractivity contribution in [3.8, 4) is 51.0 Å². The molecule has 0 N–H and O–H groups in total. The Morgan fingerprint density at radius 2 is 0.926 bits per heavy atom. The van der Waals surface area contributed by atoms with Crippen molar-refractivity contribution < 1.29 is 4.42 Å². The fourth-order valence-electron chi connectivity index (χ4n) is 7.95. The number of nitrogens with zero attached hydrogens (tertiary/aromatic N) is 4. The molecule has 8 aromatic carbocycles. The van der Waals surface area contributed by atoms with Gasteiger partial charge in [-0.3, -0.25) is 0 Å². The van der Waals surface area contributed by atoms with Gasteiger partial charge in [0.1, 0.15) is 11.2 Å². The van der Waals surface area contributed by atoms with Crippen LogP contribution in [0.25, 0.3) is 105 Å². The van der Waals surface area contributed by atoms with E-state index < -0.39 is 0 Å². The highest BCUT2D eigenvalue weighted by Gasteiger charge is 2.22. The van der Waals surface area contributed by atoms with Crippen molar-refractivity contribution in [2.75, 3.05) is 0 Å². The predicted octanol–water partition coefficient (Wildman–Crippen LogP) is 12.7. The van der Waals surface area contributed by atoms with Crippen molar-refractivity contribution >= 4 is 54.5 Å². The van der Waals surface area contributed by atoms with E-state index in [2.05, 4.69) is 174 Å². The quantitative estimate of drug-likeness (QED) is 0.180. The van der Waals surface area contributed by atoms with E-state index in [-0.39, 0.29) is 0 Å². The minimum absolute atomic E-state index is 0.558. The SMILES string of the molecule is c1ccc(-c2ccc(-c3nc(-c4cccc5ccccc45)nc(-c4cccc5c4oc4c5ccc5c4c4ccccc4n5-c4ccccc4)n3)cc2)cc1. The zero-order valence-electron chi connectivity index (χ0n) is 29.0. The number of hydrogen-bond donors (Lipinski definition) is 0. The molecule has 54 heavy (non-hydrogen) atoms. The largest absolute Gasteiger partial charge is 0.455 e. The summed E-state index contributed by atoms with van der Waals surface area (Å²) in [5.74, 6) is 1.77. The van der Waals surface area contributed by atoms with Crippen LogP contribution in [-0.2, 0) is 0 Å². The summed E-state index contributed by atoms with van der Waals surface area (Å²) in [5, 5.41) is 6.50. The Hall–Kier alpha value is -7.37. The van der Waals surface area contributed by atoms with Crippen LogP contribution in [0.2, 0.25) is 0 Å². The number of fused-ring (bicyclic) bond motifs is 8. The number of rotatable bonds is 5. The van der Waals surface area contributed by atoms with Crippen LogP contribution in [0, 0.1) is 0 Å². The number of furan rings is 1. The predicted molar refractivity (Wildman–Crippen MR) is 221 cm³/mol. The van der Waals surface area contributed by atoms with Crippen molar-refractivity contribution in [1.82, 2.24) is 19.5 Å². The standard InChI is InChI=1S/C49H30N4O/c1-3-13-31(14-4-1)32-25-27-34(28-26-32)47-50-48(39-22-11-16-33-15-7-8-19-36(33)39)52-49(51-47)41-23-12-21-37-38-29-30-43-44(46(38)54-45(37)41)40-20-9-10-24-42(40)53(43)35-17-5-2-6-18-35/h1-30H. The third kappa shape index (κ3) is 4.76. The van der Waals surface area contributed by atoms with Gasteiger partial charge in [-0.15, -0.1) is 0 Å². The van der Waals surface area contributed by atoms with Crippen LogP contribution in [0.1, 0.15) is 0 Å². The molecule has 0 aliphatic heterocycles. The molecule has 11 rings (SSSR count). The van der Waals surface area contributed by atoms with E-state index in [1.54, 1.807) is 0 Å². The first kappa shape index (κ1) is 30.3. The van der Waals surface area contributed by atoms with Gasteiger partial charge in [-0.05, 0) is 58.3 Å². The monoisotopic (exact) mass is 690 g/mol. The first-order chi connectivity index (χ1) is 26.8. The molecule has 3 heterocycles. The molecule has 0 spiro atoms. The normalized spacial score (nSPS) is 11.7. The van der Waals surface area contributed by atoms with E-state index in [4.69, 9.17) is 19.4 Å². The summed E-state index contributed by atoms with van der Waals surface area (Å²) in [5.41, 5.74) is 9.90. The molecule has 3 aromatic heterocycles. The summed E-state index contributed by atoms with van der Waals surface area (Å²) in [7, 11) is 0. The summed E-state index contributed by atoms with van der Waals surface area (Å²) < 4.78 is 9.34. The molecular formula is C49H30N4O. The Kier molecular flexibility index (Phi) is 6.79. The van der Waals surface area contributed by atoms with E-state index in [1.165, 1.54) is 0 Å². The van der Waals surface area contributed by atoms with Crippen LogP contribution >= 0.6 is 0 Å². The van der Waals surface area contributed by atoms with E-state index in [1.807, 2.05) is 12.1 Å². The maximum atomic E-state index is 7.02. The first-order valence-electron chi connectivity index (χ1n) is 18.1. The van der Waals surface area contributed by atoms with Gasteiger partial charge >= 0.3 is 0 Å². The molecule has 0 bridgehead atoms. The van der Waals surface area contributed by atoms with Crippen LogP contribution in [0.15, 0.2) is 186 Å². The van der Waals surface area contributed by atoms with Crippen molar-refractivity contribution in [3.63, 3.8) is 0 Å². The summed E-state index contributed by atoms with van der Waals surface area (Å²) in [6.07, 6.45) is 0. The molecule has 0 amide bonds. The maximum absolute atomic E-state index is 7.02. The third-order valence-corrected chi connectivity index (χ3v) is 10.5. The van der Waals surface area contributed by atoms with Crippen LogP contribution < -0.4 is 0 Å². The molecule has 5 nitrogen and oxygen atoms in total. The second-order valence-electron chi connectivity index (χ2n) is 13.6. The molecule has 0 saturated heterocycles. The molecule has 11 aromatic rings. The number of aromatic nitrogens is 4. The third-order valence-electron chi connectivity index (χ3n) is 10.5. The molecule has 0 aliphatic carbocycles. The second kappa shape index (κ2) is 12.1. The second-order valence-corrected chi connectivity index (χ2v) is 13.6. The highest BCUT2D eigenvalue weighted by molar-refractivity contribution is 6.24. The maximum Gasteiger partial charge on any atom is 0.167 e. The molecule has 0 atom stereocenters. The molecule has 0 radical (unpaired) electrons. The minimum Gasteiger partial charge on any atom is -0.455 e. The van der Waals surface area contributed by atoms with Crippen molar-refractivity contribution in [1.29, 1.82) is 0 Å². The van der Waals surface area contributed by atoms with Gasteiger partial charge in [-0.1, -0.05) is 146 Å². The van der Waals surface area contributed by atoms with Crippen LogP contribution in [0.3, 0.4) is 0 Å². The Balaban J connectivity index is 1.15. The number of hydrogen-bond acceptors (Lipinski definition) is 4. The Labute approximate surface area is 310 Å². The molecule has 0 fully saturated rings. The first-order valence-corrected chi connectivity index (χ1v) is 18.1. The topological polar surface area (TPSA) is 56.7 Å². The lowest BCUT2D eigenvalue weighted by molar-refractivity contribution is 0.673. The highest BCUT2D eigenvalue weighted by atomic mass is 16.3. The fourth-order valence-corrected chi connectivity index (χ4v) is 7.95. The molecule has 0 aliphatic rings. The van der Waals surface area contributed by atoms with Crippen molar-refractivity contribution in [2.45, 2.75) is 0 Å². The van der Waals surface area contributed by atoms with E-state index in [0.717, 1.165) is 88.0 Å². The molecule has 5 heteroatoms. The Morgan fingerprint density at radius 1 is 0.352 bits per heavy atom. The van der Waals surface area contributed by atoms with Crippen LogP contribution in [0.5, 0.6) is 0 Å². The lowest BCUT2D eigenvalue weighted by atomic mass is 10.0. The summed E-state index contributed by atoms with van der Waals surface area (Å²) in [6.45, 7) is 0. The van der Waals surface area contributed by atoms with Gasteiger partial charge in [0.25, 0.3) is 0 Å². The van der Waals surface area contributed by atoms with Crippen LogP contribution in [0.4, 0.5) is 0 Å². The van der Waals surface area contributed by atoms with Gasteiger partial charge in [-0.25, -0.2) is 15.0 Å². The van der Waals surface area contributed by atoms with Gasteiger partial charge in [0.15, 0.2) is 17.5 Å². The van der Waals surface area contributed by atoms with Gasteiger partial charge < -0.3 is 8.98 Å². The average Bonchev–Trinajstić information content (AvgIpc) is 3.80. The lowest BCUT2D eigenvalue weighted by Gasteiger charge is -2.11. The Bertz CT molecular complexity index is 3190. The van der Waals surface area contributed by atoms with Gasteiger partial charge in [0.2, 0.25) is 0 Å². The van der Waals surface area contributed by atoms with E-state index in [9.17, 15) is 0 Å². The Morgan fingerprint density at radius 3 is 1.76 bits per heavy atom.